The highest BCUT2D eigenvalue weighted by Gasteiger charge is 2.19. The van der Waals surface area contributed by atoms with Gasteiger partial charge in [-0.2, -0.15) is 0 Å². The average molecular weight is 476 g/mol. The summed E-state index contributed by atoms with van der Waals surface area (Å²) < 4.78 is 7.43. The number of nitrogens with one attached hydrogen (secondary N) is 1. The number of rotatable bonds is 8. The van der Waals surface area contributed by atoms with Crippen LogP contribution in [0.25, 0.3) is 10.9 Å². The standard InChI is InChI=1S/C21H22BrN3O3S/c1-14(15-6-4-3-5-7-15)25-20(27)17-12-16(22)8-9-18(17)24-21(25)29-13-19(26)23-10-11-28-2/h3-9,12,14H,10-11,13H2,1-2H3,(H,23,26). The first-order valence-electron chi connectivity index (χ1n) is 9.16. The Kier molecular flexibility index (Phi) is 7.46. The van der Waals surface area contributed by atoms with Crippen molar-refractivity contribution in [2.24, 2.45) is 0 Å². The van der Waals surface area contributed by atoms with Crippen LogP contribution in [-0.2, 0) is 9.53 Å². The number of hydrogen-bond acceptors (Lipinski definition) is 5. The van der Waals surface area contributed by atoms with Crippen LogP contribution >= 0.6 is 27.7 Å². The highest BCUT2D eigenvalue weighted by molar-refractivity contribution is 9.10. The normalized spacial score (nSPS) is 12.1. The van der Waals surface area contributed by atoms with Crippen molar-refractivity contribution in [3.63, 3.8) is 0 Å². The number of aromatic nitrogens is 2. The Morgan fingerprint density at radius 2 is 2.03 bits per heavy atom. The van der Waals surface area contributed by atoms with E-state index in [2.05, 4.69) is 21.2 Å². The summed E-state index contributed by atoms with van der Waals surface area (Å²) in [6.45, 7) is 2.86. The number of nitrogens with zero attached hydrogens (tertiary/aromatic N) is 2. The monoisotopic (exact) mass is 475 g/mol. The maximum absolute atomic E-state index is 13.3. The third-order valence-corrected chi connectivity index (χ3v) is 5.91. The maximum atomic E-state index is 13.3. The van der Waals surface area contributed by atoms with Gasteiger partial charge in [-0.25, -0.2) is 4.98 Å². The number of benzene rings is 2. The summed E-state index contributed by atoms with van der Waals surface area (Å²) in [5.41, 5.74) is 1.48. The molecule has 6 nitrogen and oxygen atoms in total. The van der Waals surface area contributed by atoms with Gasteiger partial charge in [-0.05, 0) is 30.7 Å². The Morgan fingerprint density at radius 1 is 1.28 bits per heavy atom. The van der Waals surface area contributed by atoms with Crippen LogP contribution in [0.15, 0.2) is 63.0 Å². The molecule has 1 N–H and O–H groups in total. The van der Waals surface area contributed by atoms with Gasteiger partial charge in [-0.1, -0.05) is 58.0 Å². The predicted octanol–water partition coefficient (Wildman–Crippen LogP) is 3.62. The SMILES string of the molecule is COCCNC(=O)CSc1nc2ccc(Br)cc2c(=O)n1C(C)c1ccccc1. The fraction of sp³-hybridized carbons (Fsp3) is 0.286. The maximum Gasteiger partial charge on any atom is 0.262 e. The van der Waals surface area contributed by atoms with Crippen molar-refractivity contribution >= 4 is 44.5 Å². The van der Waals surface area contributed by atoms with Gasteiger partial charge in [0.05, 0.1) is 29.3 Å². The number of thioether (sulfide) groups is 1. The lowest BCUT2D eigenvalue weighted by molar-refractivity contribution is -0.118. The van der Waals surface area contributed by atoms with Gasteiger partial charge >= 0.3 is 0 Å². The van der Waals surface area contributed by atoms with Gasteiger partial charge in [0.15, 0.2) is 5.16 Å². The van der Waals surface area contributed by atoms with Gasteiger partial charge in [-0.15, -0.1) is 0 Å². The Hall–Kier alpha value is -2.16. The molecule has 152 valence electrons. The molecule has 1 unspecified atom stereocenters. The van der Waals surface area contributed by atoms with Crippen molar-refractivity contribution in [3.05, 3.63) is 68.9 Å². The molecule has 3 rings (SSSR count). The third kappa shape index (κ3) is 5.26. The van der Waals surface area contributed by atoms with Crippen molar-refractivity contribution in [3.8, 4) is 0 Å². The molecule has 2 aromatic carbocycles. The van der Waals surface area contributed by atoms with Crippen LogP contribution in [0.3, 0.4) is 0 Å². The van der Waals surface area contributed by atoms with Crippen molar-refractivity contribution in [2.75, 3.05) is 26.0 Å². The number of halogens is 1. The quantitative estimate of drug-likeness (QED) is 0.306. The topological polar surface area (TPSA) is 73.2 Å². The highest BCUT2D eigenvalue weighted by Crippen LogP contribution is 2.25. The average Bonchev–Trinajstić information content (AvgIpc) is 2.73. The van der Waals surface area contributed by atoms with Crippen LogP contribution in [-0.4, -0.2) is 41.5 Å². The van der Waals surface area contributed by atoms with Crippen molar-refractivity contribution in [2.45, 2.75) is 18.1 Å². The molecular weight excluding hydrogens is 454 g/mol. The van der Waals surface area contributed by atoms with E-state index >= 15 is 0 Å². The van der Waals surface area contributed by atoms with E-state index in [9.17, 15) is 9.59 Å². The molecule has 0 saturated heterocycles. The molecule has 0 fully saturated rings. The van der Waals surface area contributed by atoms with Crippen LogP contribution < -0.4 is 10.9 Å². The second-order valence-electron chi connectivity index (χ2n) is 6.45. The molecular formula is C21H22BrN3O3S. The summed E-state index contributed by atoms with van der Waals surface area (Å²) >= 11 is 4.68. The van der Waals surface area contributed by atoms with E-state index in [1.54, 1.807) is 23.8 Å². The van der Waals surface area contributed by atoms with E-state index in [-0.39, 0.29) is 23.3 Å². The first-order chi connectivity index (χ1) is 14.0. The zero-order chi connectivity index (χ0) is 20.8. The molecule has 0 bridgehead atoms. The van der Waals surface area contributed by atoms with Crippen LogP contribution in [0.4, 0.5) is 0 Å². The first kappa shape index (κ1) is 21.5. The van der Waals surface area contributed by atoms with E-state index in [0.29, 0.717) is 29.2 Å². The molecule has 0 radical (unpaired) electrons. The van der Waals surface area contributed by atoms with Gasteiger partial charge in [0, 0.05) is 18.1 Å². The van der Waals surface area contributed by atoms with Crippen LogP contribution in [0.1, 0.15) is 18.5 Å². The minimum atomic E-state index is -0.223. The summed E-state index contributed by atoms with van der Waals surface area (Å²) in [7, 11) is 1.59. The highest BCUT2D eigenvalue weighted by atomic mass is 79.9. The van der Waals surface area contributed by atoms with Gasteiger partial charge in [0.2, 0.25) is 5.91 Å². The minimum absolute atomic E-state index is 0.129. The van der Waals surface area contributed by atoms with Crippen LogP contribution in [0.2, 0.25) is 0 Å². The lowest BCUT2D eigenvalue weighted by atomic mass is 10.1. The summed E-state index contributed by atoms with van der Waals surface area (Å²) in [5.74, 6) is 0.0378. The second-order valence-corrected chi connectivity index (χ2v) is 8.31. The van der Waals surface area contributed by atoms with Crippen LogP contribution in [0, 0.1) is 0 Å². The molecule has 0 saturated carbocycles. The van der Waals surface area contributed by atoms with E-state index in [1.807, 2.05) is 43.3 Å². The number of carbonyl (C=O) groups is 1. The van der Waals surface area contributed by atoms with Gasteiger partial charge in [-0.3, -0.25) is 14.2 Å². The first-order valence-corrected chi connectivity index (χ1v) is 10.9. The zero-order valence-electron chi connectivity index (χ0n) is 16.2. The molecule has 0 aliphatic carbocycles. The molecule has 3 aromatic rings. The third-order valence-electron chi connectivity index (χ3n) is 4.46. The summed E-state index contributed by atoms with van der Waals surface area (Å²) in [6, 6.07) is 15.0. The van der Waals surface area contributed by atoms with Crippen molar-refractivity contribution < 1.29 is 9.53 Å². The summed E-state index contributed by atoms with van der Waals surface area (Å²) in [6.07, 6.45) is 0. The number of hydrogen-bond donors (Lipinski definition) is 1. The van der Waals surface area contributed by atoms with Gasteiger partial charge in [0.1, 0.15) is 0 Å². The van der Waals surface area contributed by atoms with Gasteiger partial charge in [0.25, 0.3) is 5.56 Å². The molecule has 1 atom stereocenters. The van der Waals surface area contributed by atoms with Gasteiger partial charge < -0.3 is 10.1 Å². The Bertz CT molecular complexity index is 1060. The molecule has 0 aliphatic rings. The number of fused-ring (bicyclic) bond motifs is 1. The Balaban J connectivity index is 1.99. The molecule has 29 heavy (non-hydrogen) atoms. The molecule has 1 heterocycles. The molecule has 0 aliphatic heterocycles. The summed E-state index contributed by atoms with van der Waals surface area (Å²) in [4.78, 5) is 30.2. The Labute approximate surface area is 181 Å². The molecule has 8 heteroatoms. The second kappa shape index (κ2) is 10.0. The number of carbonyl (C=O) groups excluding carboxylic acids is 1. The largest absolute Gasteiger partial charge is 0.383 e. The fourth-order valence-electron chi connectivity index (χ4n) is 2.95. The lowest BCUT2D eigenvalue weighted by Crippen LogP contribution is -2.30. The van der Waals surface area contributed by atoms with E-state index in [4.69, 9.17) is 9.72 Å². The number of methoxy groups -OCH3 is 1. The van der Waals surface area contributed by atoms with E-state index < -0.39 is 0 Å². The predicted molar refractivity (Wildman–Crippen MR) is 120 cm³/mol. The van der Waals surface area contributed by atoms with Crippen molar-refractivity contribution in [1.29, 1.82) is 0 Å². The number of amides is 1. The fourth-order valence-corrected chi connectivity index (χ4v) is 4.21. The molecule has 0 spiro atoms. The van der Waals surface area contributed by atoms with E-state index in [1.165, 1.54) is 11.8 Å². The number of ether oxygens (including phenoxy) is 1. The Morgan fingerprint density at radius 3 is 2.76 bits per heavy atom. The molecule has 1 aromatic heterocycles. The minimum Gasteiger partial charge on any atom is -0.383 e. The van der Waals surface area contributed by atoms with Crippen molar-refractivity contribution in [1.82, 2.24) is 14.9 Å². The lowest BCUT2D eigenvalue weighted by Gasteiger charge is -2.20. The zero-order valence-corrected chi connectivity index (χ0v) is 18.6. The van der Waals surface area contributed by atoms with Crippen LogP contribution in [0.5, 0.6) is 0 Å². The smallest absolute Gasteiger partial charge is 0.262 e. The van der Waals surface area contributed by atoms with E-state index in [0.717, 1.165) is 10.0 Å². The molecule has 1 amide bonds. The summed E-state index contributed by atoms with van der Waals surface area (Å²) in [5, 5.41) is 3.84.